The second kappa shape index (κ2) is 6.49. The van der Waals surface area contributed by atoms with Gasteiger partial charge in [0.05, 0.1) is 0 Å². The highest BCUT2D eigenvalue weighted by atomic mass is 15.2. The number of nitrogens with one attached hydrogen (secondary N) is 1. The van der Waals surface area contributed by atoms with Crippen LogP contribution in [0.1, 0.15) is 48.0 Å². The van der Waals surface area contributed by atoms with Crippen LogP contribution in [0.5, 0.6) is 0 Å². The maximum Gasteiger partial charge on any atom is 0.0212 e. The van der Waals surface area contributed by atoms with Crippen LogP contribution in [0.3, 0.4) is 0 Å². The average Bonchev–Trinajstić information content (AvgIpc) is 2.53. The summed E-state index contributed by atoms with van der Waals surface area (Å²) in [7, 11) is 2.20. The van der Waals surface area contributed by atoms with Gasteiger partial charge in [0.1, 0.15) is 0 Å². The molecular weight excluding hydrogens is 184 g/mol. The highest BCUT2D eigenvalue weighted by Crippen LogP contribution is 2.18. The van der Waals surface area contributed by atoms with E-state index in [-0.39, 0.29) is 5.54 Å². The minimum absolute atomic E-state index is 0.274. The molecule has 1 aliphatic rings. The van der Waals surface area contributed by atoms with E-state index in [1.807, 2.05) is 13.8 Å². The third-order valence-corrected chi connectivity index (χ3v) is 3.41. The number of likely N-dealkylation sites (tertiary alicyclic amines) is 1. The van der Waals surface area contributed by atoms with Crippen LogP contribution in [-0.2, 0) is 0 Å². The Labute approximate surface area is 96.4 Å². The number of nitrogens with zero attached hydrogens (tertiary/aromatic N) is 1. The Hall–Kier alpha value is -0.0800. The van der Waals surface area contributed by atoms with Crippen LogP contribution in [-0.4, -0.2) is 36.6 Å². The first-order valence-corrected chi connectivity index (χ1v) is 6.38. The van der Waals surface area contributed by atoms with Crippen molar-refractivity contribution < 1.29 is 0 Å². The van der Waals surface area contributed by atoms with Crippen LogP contribution in [0.25, 0.3) is 0 Å². The number of hydrogen-bond donors (Lipinski definition) is 1. The topological polar surface area (TPSA) is 15.3 Å². The van der Waals surface area contributed by atoms with Gasteiger partial charge in [-0.1, -0.05) is 27.7 Å². The van der Waals surface area contributed by atoms with Crippen molar-refractivity contribution >= 4 is 0 Å². The minimum Gasteiger partial charge on any atom is -0.307 e. The molecule has 1 saturated heterocycles. The molecule has 1 N–H and O–H groups in total. The van der Waals surface area contributed by atoms with E-state index in [4.69, 9.17) is 0 Å². The summed E-state index contributed by atoms with van der Waals surface area (Å²) >= 11 is 0. The summed E-state index contributed by atoms with van der Waals surface area (Å²) in [6, 6.07) is 0.697. The van der Waals surface area contributed by atoms with Gasteiger partial charge >= 0.3 is 0 Å². The third-order valence-electron chi connectivity index (χ3n) is 3.41. The number of hydrogen-bond acceptors (Lipinski definition) is 2. The Bertz CT molecular complexity index is 164. The first-order chi connectivity index (χ1) is 6.92. The SMILES string of the molecule is CC.CC(C)C(C)(C)NC1CCN(C)C1. The fraction of sp³-hybridized carbons (Fsp3) is 1.00. The average molecular weight is 214 g/mol. The number of likely N-dealkylation sites (N-methyl/N-ethyl adjacent to an activating group) is 1. The predicted molar refractivity (Wildman–Crippen MR) is 69.3 cm³/mol. The largest absolute Gasteiger partial charge is 0.307 e. The molecular formula is C13H30N2. The third kappa shape index (κ3) is 4.98. The zero-order chi connectivity index (χ0) is 12.1. The van der Waals surface area contributed by atoms with Crippen molar-refractivity contribution in [2.75, 3.05) is 20.1 Å². The Balaban J connectivity index is 0.000000921. The van der Waals surface area contributed by atoms with Crippen LogP contribution >= 0.6 is 0 Å². The van der Waals surface area contributed by atoms with Gasteiger partial charge in [-0.3, -0.25) is 0 Å². The fourth-order valence-electron chi connectivity index (χ4n) is 1.75. The molecule has 0 aliphatic carbocycles. The van der Waals surface area contributed by atoms with Gasteiger partial charge in [-0.2, -0.15) is 0 Å². The van der Waals surface area contributed by atoms with Crippen molar-refractivity contribution in [3.8, 4) is 0 Å². The van der Waals surface area contributed by atoms with Gasteiger partial charge < -0.3 is 10.2 Å². The van der Waals surface area contributed by atoms with Crippen molar-refractivity contribution in [3.63, 3.8) is 0 Å². The standard InChI is InChI=1S/C11H24N2.C2H6/c1-9(2)11(3,4)12-10-6-7-13(5)8-10;1-2/h9-10,12H,6-8H2,1-5H3;1-2H3. The van der Waals surface area contributed by atoms with E-state index in [2.05, 4.69) is 45.0 Å². The van der Waals surface area contributed by atoms with E-state index < -0.39 is 0 Å². The molecule has 0 aromatic heterocycles. The molecule has 0 amide bonds. The van der Waals surface area contributed by atoms with Crippen molar-refractivity contribution in [1.29, 1.82) is 0 Å². The summed E-state index contributed by atoms with van der Waals surface area (Å²) in [5, 5.41) is 3.74. The Morgan fingerprint density at radius 3 is 2.13 bits per heavy atom. The molecule has 0 spiro atoms. The van der Waals surface area contributed by atoms with Crippen LogP contribution in [0, 0.1) is 5.92 Å². The summed E-state index contributed by atoms with van der Waals surface area (Å²) in [5.74, 6) is 0.693. The van der Waals surface area contributed by atoms with Gasteiger partial charge in [-0.15, -0.1) is 0 Å². The molecule has 1 unspecified atom stereocenters. The lowest BCUT2D eigenvalue weighted by atomic mass is 9.90. The molecule has 1 atom stereocenters. The highest BCUT2D eigenvalue weighted by Gasteiger charge is 2.28. The lowest BCUT2D eigenvalue weighted by Gasteiger charge is -2.34. The van der Waals surface area contributed by atoms with Crippen molar-refractivity contribution in [2.45, 2.75) is 59.5 Å². The Morgan fingerprint density at radius 1 is 1.27 bits per heavy atom. The predicted octanol–water partition coefficient (Wildman–Crippen LogP) is 2.74. The van der Waals surface area contributed by atoms with Gasteiger partial charge in [0.2, 0.25) is 0 Å². The zero-order valence-electron chi connectivity index (χ0n) is 11.7. The summed E-state index contributed by atoms with van der Waals surface area (Å²) in [6.07, 6.45) is 1.30. The Morgan fingerprint density at radius 2 is 1.80 bits per heavy atom. The molecule has 1 aliphatic heterocycles. The summed E-state index contributed by atoms with van der Waals surface area (Å²) in [5.41, 5.74) is 0.274. The van der Waals surface area contributed by atoms with E-state index in [1.54, 1.807) is 0 Å². The van der Waals surface area contributed by atoms with E-state index in [0.29, 0.717) is 12.0 Å². The fourth-order valence-corrected chi connectivity index (χ4v) is 1.75. The van der Waals surface area contributed by atoms with Gasteiger partial charge in [-0.25, -0.2) is 0 Å². The smallest absolute Gasteiger partial charge is 0.0212 e. The quantitative estimate of drug-likeness (QED) is 0.777. The molecule has 2 heteroatoms. The summed E-state index contributed by atoms with van der Waals surface area (Å²) < 4.78 is 0. The first kappa shape index (κ1) is 14.9. The molecule has 2 nitrogen and oxygen atoms in total. The van der Waals surface area contributed by atoms with Crippen LogP contribution in [0.2, 0.25) is 0 Å². The number of rotatable bonds is 3. The highest BCUT2D eigenvalue weighted by molar-refractivity contribution is 4.89. The van der Waals surface area contributed by atoms with Crippen LogP contribution in [0.15, 0.2) is 0 Å². The molecule has 1 rings (SSSR count). The van der Waals surface area contributed by atoms with Gasteiger partial charge in [-0.05, 0) is 39.8 Å². The summed E-state index contributed by atoms with van der Waals surface area (Å²) in [6.45, 7) is 15.6. The van der Waals surface area contributed by atoms with E-state index >= 15 is 0 Å². The molecule has 15 heavy (non-hydrogen) atoms. The monoisotopic (exact) mass is 214 g/mol. The molecule has 92 valence electrons. The normalized spacial score (nSPS) is 22.8. The maximum atomic E-state index is 3.74. The van der Waals surface area contributed by atoms with Gasteiger partial charge in [0.15, 0.2) is 0 Å². The molecule has 0 aromatic rings. The van der Waals surface area contributed by atoms with E-state index in [1.165, 1.54) is 19.5 Å². The van der Waals surface area contributed by atoms with Gasteiger partial charge in [0, 0.05) is 18.1 Å². The lowest BCUT2D eigenvalue weighted by molar-refractivity contribution is 0.253. The molecule has 0 radical (unpaired) electrons. The second-order valence-electron chi connectivity index (χ2n) is 5.27. The van der Waals surface area contributed by atoms with E-state index in [9.17, 15) is 0 Å². The second-order valence-corrected chi connectivity index (χ2v) is 5.27. The first-order valence-electron chi connectivity index (χ1n) is 6.38. The molecule has 1 heterocycles. The van der Waals surface area contributed by atoms with Crippen LogP contribution in [0.4, 0.5) is 0 Å². The van der Waals surface area contributed by atoms with Crippen molar-refractivity contribution in [2.24, 2.45) is 5.92 Å². The minimum atomic E-state index is 0.274. The van der Waals surface area contributed by atoms with Crippen molar-refractivity contribution in [3.05, 3.63) is 0 Å². The van der Waals surface area contributed by atoms with Crippen LogP contribution < -0.4 is 5.32 Å². The van der Waals surface area contributed by atoms with Gasteiger partial charge in [0.25, 0.3) is 0 Å². The Kier molecular flexibility index (Phi) is 6.46. The maximum absolute atomic E-state index is 3.74. The molecule has 0 aromatic carbocycles. The lowest BCUT2D eigenvalue weighted by Crippen LogP contribution is -2.50. The molecule has 0 bridgehead atoms. The molecule has 0 saturated carbocycles. The van der Waals surface area contributed by atoms with E-state index in [0.717, 1.165) is 0 Å². The van der Waals surface area contributed by atoms with Crippen molar-refractivity contribution in [1.82, 2.24) is 10.2 Å². The molecule has 1 fully saturated rings. The zero-order valence-corrected chi connectivity index (χ0v) is 11.7. The summed E-state index contributed by atoms with van der Waals surface area (Å²) in [4.78, 5) is 2.40.